The monoisotopic (exact) mass is 1730 g/mol. The molecule has 5 amide bonds. The van der Waals surface area contributed by atoms with E-state index >= 15 is 0 Å². The van der Waals surface area contributed by atoms with Crippen molar-refractivity contribution in [1.29, 1.82) is 0 Å². The van der Waals surface area contributed by atoms with E-state index in [1.54, 1.807) is 0 Å². The molecule has 10 unspecified atom stereocenters. The van der Waals surface area contributed by atoms with Gasteiger partial charge in [-0.1, -0.05) is 212 Å². The minimum absolute atomic E-state index is 0.00383. The van der Waals surface area contributed by atoms with Gasteiger partial charge < -0.3 is 127 Å². The molecule has 5 aliphatic heterocycles. The summed E-state index contributed by atoms with van der Waals surface area (Å²) >= 11 is 0. The fraction of sp³-hybridized carbons (Fsp3) is 0.728. The summed E-state index contributed by atoms with van der Waals surface area (Å²) in [5, 5.41) is 162. The zero-order chi connectivity index (χ0) is 90.7. The summed E-state index contributed by atoms with van der Waals surface area (Å²) in [6, 6.07) is 26.9. The predicted molar refractivity (Wildman–Crippen MR) is 461 cm³/mol. The van der Waals surface area contributed by atoms with Gasteiger partial charge in [0, 0.05) is 38.5 Å². The number of amides is 5. The fourth-order valence-corrected chi connectivity index (χ4v) is 15.7. The normalized spacial score (nSPS) is 30.0. The van der Waals surface area contributed by atoms with Crippen LogP contribution in [0.1, 0.15) is 208 Å². The number of aliphatic hydroxyl groups is 15. The van der Waals surface area contributed by atoms with Gasteiger partial charge in [0.05, 0.1) is 93.8 Å². The maximum absolute atomic E-state index is 12.3. The van der Waals surface area contributed by atoms with Crippen LogP contribution in [0.5, 0.6) is 0 Å². The van der Waals surface area contributed by atoms with Crippen molar-refractivity contribution in [2.24, 2.45) is 29.6 Å². The molecule has 0 spiro atoms. The van der Waals surface area contributed by atoms with Crippen molar-refractivity contribution in [1.82, 2.24) is 26.6 Å². The SMILES string of the molecule is C#CCCC(=O)NC1[C@H](C(C)C)OC(CO)[C@@H](O)[C@@H]1O.CC(C)[C@@H]1OC(CO)[C@@H](O)[C@H](O)C1NC(=O)CCCCCCc1ccccc1.CC(C)[C@@H]1OC(CO)[C@@H](O)[C@H](O)C1NC(=O)CCCCCc1ccccc1.CC(C)[C@@H]1OC(CO)[C@@H](O)[C@H](O)C1NC(=O)CCc1ccccc1.CCCCCCCC(=O)NC1[C@H](C(C)C)OC(CO)[C@@H](O)[C@@H]1O. The summed E-state index contributed by atoms with van der Waals surface area (Å²) < 4.78 is 28.4. The molecule has 122 heavy (non-hydrogen) atoms. The van der Waals surface area contributed by atoms with E-state index in [1.807, 2.05) is 136 Å². The number of hydrogen-bond acceptors (Lipinski definition) is 25. The Morgan fingerprint density at radius 3 is 0.746 bits per heavy atom. The Hall–Kier alpha value is -6.23. The number of nitrogens with one attached hydrogen (secondary N) is 5. The van der Waals surface area contributed by atoms with Gasteiger partial charge in [-0.25, -0.2) is 0 Å². The van der Waals surface area contributed by atoms with Crippen molar-refractivity contribution in [3.63, 3.8) is 0 Å². The first-order valence-electron chi connectivity index (χ1n) is 44.3. The molecule has 8 rings (SSSR count). The molecule has 5 saturated heterocycles. The molecule has 30 heteroatoms. The number of aliphatic hydroxyl groups excluding tert-OH is 15. The van der Waals surface area contributed by atoms with Crippen molar-refractivity contribution in [2.75, 3.05) is 33.0 Å². The van der Waals surface area contributed by atoms with Gasteiger partial charge in [0.25, 0.3) is 0 Å². The number of carbonyl (C=O) groups excluding carboxylic acids is 5. The molecular formula is C92H151N5O25. The van der Waals surface area contributed by atoms with Crippen LogP contribution in [0.2, 0.25) is 0 Å². The number of rotatable bonds is 39. The Morgan fingerprint density at radius 2 is 0.516 bits per heavy atom. The second kappa shape index (κ2) is 58.2. The van der Waals surface area contributed by atoms with E-state index in [2.05, 4.69) is 63.7 Å². The van der Waals surface area contributed by atoms with Gasteiger partial charge in [-0.15, -0.1) is 12.3 Å². The number of carbonyl (C=O) groups is 5. The Labute approximate surface area is 723 Å². The molecule has 5 heterocycles. The van der Waals surface area contributed by atoms with Crippen LogP contribution in [0.4, 0.5) is 0 Å². The van der Waals surface area contributed by atoms with Gasteiger partial charge >= 0.3 is 0 Å². The number of hydrogen-bond donors (Lipinski definition) is 20. The highest BCUT2D eigenvalue weighted by atomic mass is 16.6. The van der Waals surface area contributed by atoms with Gasteiger partial charge in [0.1, 0.15) is 91.6 Å². The Morgan fingerprint density at radius 1 is 0.303 bits per heavy atom. The standard InChI is InChI=1S/C22H35NO5.C21H33NO5.C18H27NO5.C17H33NO5.C14H23NO5/c1-15(2)22-19(21(27)20(26)17(14-24)28-22)23-18(25)13-9-4-3-6-10-16-11-7-5-8-12-16;1-14(2)21-18(20(26)19(25)16(13-23)27-21)22-17(24)12-8-4-7-11-15-9-5-3-6-10-15;1-11(2)18-15(17(23)16(22)13(10-20)24-18)19-14(21)9-8-12-6-4-3-5-7-12;1-4-5-6-7-8-9-13(20)18-14-16(22)15(21)12(10-19)23-17(14)11(2)3;1-4-5-6-10(17)15-11-13(19)12(18)9(7-16)20-14(11)8(2)3/h5,7-8,11-12,15,17,19-22,24,26-27H,3-4,6,9-10,13-14H2,1-2H3,(H,23,25);3,5-6,9-10,14,16,18-21,23,25-26H,4,7-8,11-13H2,1-2H3,(H,22,24);3-7,11,13,15-18,20,22-23H,8-10H2,1-2H3,(H,19,21);11-12,14-17,19,21-22H,4-10H2,1-3H3,(H,18,20);1,8-9,11-14,16,18-19H,5-7H2,2-3H3,(H,15,17)/t17?,19?,20-,21-,22+;16?,18?,19-,20-,21+;13?,15?,16-,17-,18+;12?,14?,15-,16-,17+;9?,11?,12-,13-,14+/m11111/s1. The van der Waals surface area contributed by atoms with Crippen molar-refractivity contribution in [2.45, 2.75) is 363 Å². The molecule has 0 saturated carbocycles. The molecule has 3 aromatic carbocycles. The predicted octanol–water partition coefficient (Wildman–Crippen LogP) is 3.45. The number of aryl methyl sites for hydroxylation is 3. The van der Waals surface area contributed by atoms with Gasteiger partial charge in [-0.2, -0.15) is 0 Å². The molecular weight excluding hydrogens is 1580 g/mol. The third-order valence-corrected chi connectivity index (χ3v) is 22.9. The van der Waals surface area contributed by atoms with Crippen LogP contribution < -0.4 is 26.6 Å². The van der Waals surface area contributed by atoms with Crippen LogP contribution in [0.3, 0.4) is 0 Å². The molecule has 5 aliphatic rings. The first-order valence-corrected chi connectivity index (χ1v) is 44.3. The maximum Gasteiger partial charge on any atom is 0.221 e. The Kier molecular flexibility index (Phi) is 51.6. The number of ether oxygens (including phenoxy) is 5. The highest BCUT2D eigenvalue weighted by Crippen LogP contribution is 2.32. The third-order valence-electron chi connectivity index (χ3n) is 22.9. The van der Waals surface area contributed by atoms with Crippen LogP contribution in [0, 0.1) is 41.9 Å². The molecule has 0 aromatic heterocycles. The van der Waals surface area contributed by atoms with Crippen molar-refractivity contribution < 1.29 is 124 Å². The van der Waals surface area contributed by atoms with Gasteiger partial charge in [-0.3, -0.25) is 24.0 Å². The molecule has 0 bridgehead atoms. The van der Waals surface area contributed by atoms with E-state index in [-0.39, 0.29) is 105 Å². The van der Waals surface area contributed by atoms with E-state index in [0.717, 1.165) is 89.0 Å². The smallest absolute Gasteiger partial charge is 0.221 e. The summed E-state index contributed by atoms with van der Waals surface area (Å²) in [5.74, 6) is 1.56. The molecule has 694 valence electrons. The number of benzene rings is 3. The molecule has 5 fully saturated rings. The summed E-state index contributed by atoms with van der Waals surface area (Å²) in [7, 11) is 0. The minimum atomic E-state index is -1.24. The zero-order valence-corrected chi connectivity index (χ0v) is 73.7. The molecule has 3 aromatic rings. The average molecular weight is 1730 g/mol. The molecule has 30 nitrogen and oxygen atoms in total. The highest BCUT2D eigenvalue weighted by molar-refractivity contribution is 5.78. The molecule has 20 N–H and O–H groups in total. The van der Waals surface area contributed by atoms with E-state index in [4.69, 9.17) is 35.2 Å². The summed E-state index contributed by atoms with van der Waals surface area (Å²) in [6.07, 6.45) is 3.28. The Balaban J connectivity index is 0.000000322. The maximum atomic E-state index is 12.3. The second-order valence-corrected chi connectivity index (χ2v) is 34.5. The third kappa shape index (κ3) is 35.9. The lowest BCUT2D eigenvalue weighted by molar-refractivity contribution is -0.204. The zero-order valence-electron chi connectivity index (χ0n) is 73.7. The van der Waals surface area contributed by atoms with E-state index in [0.29, 0.717) is 32.1 Å². The van der Waals surface area contributed by atoms with Gasteiger partial charge in [-0.05, 0) is 97.6 Å². The fourth-order valence-electron chi connectivity index (χ4n) is 15.7. The summed E-state index contributed by atoms with van der Waals surface area (Å²) in [4.78, 5) is 60.7. The summed E-state index contributed by atoms with van der Waals surface area (Å²) in [5.41, 5.74) is 3.71. The first kappa shape index (κ1) is 108. The lowest BCUT2D eigenvalue weighted by Gasteiger charge is -2.44. The van der Waals surface area contributed by atoms with E-state index < -0.39 is 152 Å². The number of terminal acetylenes is 1. The summed E-state index contributed by atoms with van der Waals surface area (Å²) in [6.45, 7) is 19.4. The van der Waals surface area contributed by atoms with Crippen molar-refractivity contribution in [3.8, 4) is 12.3 Å². The van der Waals surface area contributed by atoms with Gasteiger partial charge in [0.2, 0.25) is 29.5 Å². The second-order valence-electron chi connectivity index (χ2n) is 34.5. The lowest BCUT2D eigenvalue weighted by atomic mass is 9.87. The molecule has 0 aliphatic carbocycles. The van der Waals surface area contributed by atoms with Crippen LogP contribution in [0.25, 0.3) is 0 Å². The van der Waals surface area contributed by atoms with E-state index in [9.17, 15) is 95.5 Å². The molecule has 0 radical (unpaired) electrons. The number of unbranched alkanes of at least 4 members (excludes halogenated alkanes) is 9. The lowest BCUT2D eigenvalue weighted by Crippen LogP contribution is -2.65. The van der Waals surface area contributed by atoms with E-state index in [1.165, 1.54) is 17.5 Å². The largest absolute Gasteiger partial charge is 0.394 e. The Bertz CT molecular complexity index is 3380. The molecule has 25 atom stereocenters. The quantitative estimate of drug-likeness (QED) is 0.0287. The van der Waals surface area contributed by atoms with Crippen molar-refractivity contribution in [3.05, 3.63) is 108 Å². The topological polar surface area (TPSA) is 495 Å². The van der Waals surface area contributed by atoms with Crippen LogP contribution in [-0.4, -0.2) is 291 Å². The minimum Gasteiger partial charge on any atom is -0.394 e. The van der Waals surface area contributed by atoms with Crippen molar-refractivity contribution >= 4 is 29.5 Å². The van der Waals surface area contributed by atoms with Crippen LogP contribution in [0.15, 0.2) is 91.0 Å². The van der Waals surface area contributed by atoms with Gasteiger partial charge in [0.15, 0.2) is 0 Å². The van der Waals surface area contributed by atoms with Crippen LogP contribution in [-0.2, 0) is 66.9 Å². The first-order chi connectivity index (χ1) is 58.1. The van der Waals surface area contributed by atoms with Crippen LogP contribution >= 0.6 is 0 Å². The highest BCUT2D eigenvalue weighted by Gasteiger charge is 2.51. The average Bonchev–Trinajstić information content (AvgIpc) is 0.824.